The van der Waals surface area contributed by atoms with Gasteiger partial charge in [0, 0.05) is 0 Å². The van der Waals surface area contributed by atoms with E-state index in [4.69, 9.17) is 0 Å². The molecule has 0 atom stereocenters. The van der Waals surface area contributed by atoms with Crippen LogP contribution in [-0.2, 0) is 0 Å². The van der Waals surface area contributed by atoms with Crippen molar-refractivity contribution in [3.8, 4) is 0 Å². The summed E-state index contributed by atoms with van der Waals surface area (Å²) >= 11 is 0. The van der Waals surface area contributed by atoms with Crippen LogP contribution >= 0.6 is 0 Å². The van der Waals surface area contributed by atoms with Gasteiger partial charge >= 0.3 is 36.1 Å². The summed E-state index contributed by atoms with van der Waals surface area (Å²) in [5.74, 6) is 0. The van der Waals surface area contributed by atoms with Crippen LogP contribution in [0.25, 0.3) is 0 Å². The summed E-state index contributed by atoms with van der Waals surface area (Å²) in [5, 5.41) is 4.51. The Hall–Kier alpha value is -0.530. The van der Waals surface area contributed by atoms with Crippen molar-refractivity contribution in [2.24, 2.45) is 0 Å². The molecule has 0 unspecified atom stereocenters. The molecule has 0 aliphatic carbocycles. The van der Waals surface area contributed by atoms with E-state index in [9.17, 15) is 0 Å². The van der Waals surface area contributed by atoms with Crippen molar-refractivity contribution in [1.29, 1.82) is 0 Å². The van der Waals surface area contributed by atoms with Crippen molar-refractivity contribution in [2.45, 2.75) is 0 Å². The number of hydrogen-bond acceptors (Lipinski definition) is 2. The van der Waals surface area contributed by atoms with E-state index in [1.807, 2.05) is 7.85 Å². The van der Waals surface area contributed by atoms with Gasteiger partial charge in [0.25, 0.3) is 0 Å². The van der Waals surface area contributed by atoms with Crippen molar-refractivity contribution in [2.75, 3.05) is 0 Å². The predicted molar refractivity (Wildman–Crippen MR) is 26.0 cm³/mol. The first-order chi connectivity index (χ1) is 2.89. The fraction of sp³-hybridized carbons (Fsp3) is 0. The topological polar surface area (TPSA) is 26.0 Å². The molecule has 6 heavy (non-hydrogen) atoms. The van der Waals surface area contributed by atoms with Crippen LogP contribution in [-0.4, -0.2) is 20.0 Å². The first-order valence-corrected chi connectivity index (χ1v) is 1.75. The van der Waals surface area contributed by atoms with Crippen LogP contribution in [0.5, 0.6) is 0 Å². The van der Waals surface area contributed by atoms with Gasteiger partial charge in [0.1, 0.15) is 0 Å². The van der Waals surface area contributed by atoms with Gasteiger partial charge in [-0.25, -0.2) is 0 Å². The molecule has 0 saturated carbocycles. The summed E-state index contributed by atoms with van der Waals surface area (Å²) in [5.41, 5.74) is 0. The minimum absolute atomic E-state index is 1.06. The normalized spacial score (nSPS) is 8.00. The van der Waals surface area contributed by atoms with Gasteiger partial charge in [-0.2, -0.15) is 0 Å². The van der Waals surface area contributed by atoms with Crippen LogP contribution < -0.4 is 5.36 Å². The van der Waals surface area contributed by atoms with Gasteiger partial charge in [-0.05, 0) is 0 Å². The van der Waals surface area contributed by atoms with E-state index in [-0.39, 0.29) is 0 Å². The fourth-order valence-electron chi connectivity index (χ4n) is 0.258. The van der Waals surface area contributed by atoms with Crippen molar-refractivity contribution >= 4 is 20.3 Å². The summed E-state index contributed by atoms with van der Waals surface area (Å²) in [6, 6.07) is 0. The molecule has 28 valence electrons. The van der Waals surface area contributed by atoms with Gasteiger partial charge < -0.3 is 0 Å². The third kappa shape index (κ3) is 0.506. The maximum atomic E-state index is 4.46. The molecule has 0 N–H and O–H groups in total. The van der Waals surface area contributed by atoms with Crippen LogP contribution in [0.1, 0.15) is 0 Å². The first kappa shape index (κ1) is 3.65. The predicted octanol–water partition coefficient (Wildman–Crippen LogP) is -1.73. The van der Waals surface area contributed by atoms with E-state index in [0.717, 1.165) is 5.36 Å². The molecule has 1 rings (SSSR count). The Labute approximate surface area is 37.2 Å². The SMILES string of the molecule is Bc1bnoc1. The zero-order valence-corrected chi connectivity index (χ0v) is 3.51. The standard InChI is InChI=1S/C2H3B2NO/c3-2-1-6-5-4-2/h1H,3H2. The maximum absolute atomic E-state index is 4.46. The molecule has 0 aromatic carbocycles. The van der Waals surface area contributed by atoms with Gasteiger partial charge in [-0.15, -0.1) is 0 Å². The molecule has 0 aliphatic heterocycles. The molecular weight excluding hydrogens is 75.7 g/mol. The monoisotopic (exact) mass is 79.0 g/mol. The molecule has 1 heterocycles. The molecule has 0 bridgehead atoms. The Bertz CT molecular complexity index is 115. The summed E-state index contributed by atoms with van der Waals surface area (Å²) in [7, 11) is 3.59. The minimum atomic E-state index is 1.06. The second-order valence-electron chi connectivity index (χ2n) is 1.20. The van der Waals surface area contributed by atoms with Crippen LogP contribution in [0.4, 0.5) is 0 Å². The molecule has 0 aliphatic rings. The van der Waals surface area contributed by atoms with Crippen LogP contribution in [0, 0.1) is 0 Å². The second-order valence-corrected chi connectivity index (χ2v) is 1.20. The third-order valence-electron chi connectivity index (χ3n) is 0.556. The number of nitrogens with zero attached hydrogens (tertiary/aromatic N) is 1. The van der Waals surface area contributed by atoms with Crippen molar-refractivity contribution in [3.63, 3.8) is 0 Å². The Morgan fingerprint density at radius 3 is 3.00 bits per heavy atom. The van der Waals surface area contributed by atoms with Crippen molar-refractivity contribution in [1.82, 2.24) is 5.06 Å². The van der Waals surface area contributed by atoms with Crippen molar-refractivity contribution in [3.05, 3.63) is 6.26 Å². The number of rotatable bonds is 0. The van der Waals surface area contributed by atoms with Gasteiger partial charge in [-0.1, -0.05) is 0 Å². The number of aromatic nitrogens is 1. The van der Waals surface area contributed by atoms with E-state index in [1.165, 1.54) is 0 Å². The van der Waals surface area contributed by atoms with E-state index < -0.39 is 0 Å². The average molecular weight is 78.7 g/mol. The fourth-order valence-corrected chi connectivity index (χ4v) is 0.258. The van der Waals surface area contributed by atoms with E-state index >= 15 is 0 Å². The quantitative estimate of drug-likeness (QED) is 0.345. The average Bonchev–Trinajstić information content (AvgIpc) is 1.86. The van der Waals surface area contributed by atoms with Crippen LogP contribution in [0.2, 0.25) is 0 Å². The Morgan fingerprint density at radius 2 is 2.83 bits per heavy atom. The zero-order valence-electron chi connectivity index (χ0n) is 3.51. The Kier molecular flexibility index (Phi) is 0.783. The number of hydrogen-bond donors (Lipinski definition) is 0. The van der Waals surface area contributed by atoms with Crippen LogP contribution in [0.15, 0.2) is 10.8 Å². The molecule has 4 heteroatoms. The Balaban J connectivity index is 3.05. The second kappa shape index (κ2) is 1.29. The molecule has 0 fully saturated rings. The molecule has 0 saturated heterocycles. The third-order valence-corrected chi connectivity index (χ3v) is 0.556. The van der Waals surface area contributed by atoms with Crippen LogP contribution in [0.3, 0.4) is 0 Å². The van der Waals surface area contributed by atoms with Gasteiger partial charge in [-0.3, -0.25) is 0 Å². The summed E-state index contributed by atoms with van der Waals surface area (Å²) in [4.78, 5) is 0. The molecule has 2 nitrogen and oxygen atoms in total. The van der Waals surface area contributed by atoms with Gasteiger partial charge in [0.05, 0.1) is 0 Å². The summed E-state index contributed by atoms with van der Waals surface area (Å²) < 4.78 is 4.46. The molecule has 0 amide bonds. The summed E-state index contributed by atoms with van der Waals surface area (Å²) in [6.07, 6.45) is 1.60. The van der Waals surface area contributed by atoms with Crippen molar-refractivity contribution < 1.29 is 4.52 Å². The first-order valence-electron chi connectivity index (χ1n) is 1.75. The summed E-state index contributed by atoms with van der Waals surface area (Å²) in [6.45, 7) is 0. The Morgan fingerprint density at radius 1 is 2.00 bits per heavy atom. The van der Waals surface area contributed by atoms with Gasteiger partial charge in [0.15, 0.2) is 0 Å². The zero-order chi connectivity index (χ0) is 4.41. The van der Waals surface area contributed by atoms with E-state index in [1.54, 1.807) is 13.3 Å². The molecule has 1 aromatic rings. The molecule has 1 aromatic heterocycles. The molecule has 0 radical (unpaired) electrons. The van der Waals surface area contributed by atoms with Gasteiger partial charge in [0.2, 0.25) is 0 Å². The molecule has 0 spiro atoms. The van der Waals surface area contributed by atoms with E-state index in [0.29, 0.717) is 0 Å². The molecular formula is C2H3B2NO. The van der Waals surface area contributed by atoms with E-state index in [2.05, 4.69) is 9.59 Å².